The van der Waals surface area contributed by atoms with Crippen LogP contribution in [0, 0.1) is 5.92 Å². The third-order valence-corrected chi connectivity index (χ3v) is 5.02. The van der Waals surface area contributed by atoms with Crippen LogP contribution in [0.3, 0.4) is 0 Å². The second kappa shape index (κ2) is 4.80. The summed E-state index contributed by atoms with van der Waals surface area (Å²) in [5.41, 5.74) is -0.502. The van der Waals surface area contributed by atoms with Crippen LogP contribution in [0.2, 0.25) is 0 Å². The van der Waals surface area contributed by atoms with E-state index in [-0.39, 0.29) is 17.9 Å². The fourth-order valence-electron chi connectivity index (χ4n) is 3.69. The van der Waals surface area contributed by atoms with Crippen LogP contribution in [-0.2, 0) is 9.59 Å². The molecule has 1 atom stereocenters. The van der Waals surface area contributed by atoms with Crippen molar-refractivity contribution >= 4 is 11.8 Å². The lowest BCUT2D eigenvalue weighted by Crippen LogP contribution is -2.70. The number of hydrogen-bond donors (Lipinski definition) is 1. The predicted octanol–water partition coefficient (Wildman–Crippen LogP) is 1.84. The lowest BCUT2D eigenvalue weighted by Gasteiger charge is -2.46. The van der Waals surface area contributed by atoms with Gasteiger partial charge in [-0.25, -0.2) is 0 Å². The number of nitrogens with one attached hydrogen (secondary N) is 1. The quantitative estimate of drug-likeness (QED) is 0.842. The van der Waals surface area contributed by atoms with Crippen molar-refractivity contribution in [1.82, 2.24) is 10.2 Å². The second-order valence-electron chi connectivity index (χ2n) is 6.37. The van der Waals surface area contributed by atoms with Gasteiger partial charge in [0.1, 0.15) is 11.6 Å². The smallest absolute Gasteiger partial charge is 0.246 e. The van der Waals surface area contributed by atoms with Gasteiger partial charge in [0.15, 0.2) is 0 Å². The SMILES string of the molecule is CCCCN1C(=O)C(C2CC2)NC(=O)C12CCCC2. The first kappa shape index (κ1) is 12.9. The third kappa shape index (κ3) is 2.05. The molecule has 106 valence electrons. The third-order valence-electron chi connectivity index (χ3n) is 5.02. The first-order valence-electron chi connectivity index (χ1n) is 7.81. The normalized spacial score (nSPS) is 29.9. The molecule has 1 aliphatic heterocycles. The van der Waals surface area contributed by atoms with Crippen molar-refractivity contribution in [3.63, 3.8) is 0 Å². The van der Waals surface area contributed by atoms with Gasteiger partial charge in [0, 0.05) is 6.54 Å². The molecule has 1 unspecified atom stereocenters. The van der Waals surface area contributed by atoms with Crippen molar-refractivity contribution in [2.75, 3.05) is 6.54 Å². The van der Waals surface area contributed by atoms with E-state index in [2.05, 4.69) is 12.2 Å². The van der Waals surface area contributed by atoms with E-state index < -0.39 is 5.54 Å². The number of nitrogens with zero attached hydrogens (tertiary/aromatic N) is 1. The number of amides is 2. The summed E-state index contributed by atoms with van der Waals surface area (Å²) in [5, 5.41) is 3.04. The molecule has 1 saturated heterocycles. The topological polar surface area (TPSA) is 49.4 Å². The highest BCUT2D eigenvalue weighted by Crippen LogP contribution is 2.42. The monoisotopic (exact) mass is 264 g/mol. The van der Waals surface area contributed by atoms with Crippen molar-refractivity contribution in [2.45, 2.75) is 69.9 Å². The van der Waals surface area contributed by atoms with E-state index in [9.17, 15) is 9.59 Å². The van der Waals surface area contributed by atoms with Crippen LogP contribution in [0.4, 0.5) is 0 Å². The molecule has 1 heterocycles. The van der Waals surface area contributed by atoms with Crippen LogP contribution < -0.4 is 5.32 Å². The molecule has 3 aliphatic rings. The highest BCUT2D eigenvalue weighted by Gasteiger charge is 2.55. The number of unbranched alkanes of at least 4 members (excludes halogenated alkanes) is 1. The molecule has 1 spiro atoms. The van der Waals surface area contributed by atoms with E-state index in [0.717, 1.165) is 57.9 Å². The lowest BCUT2D eigenvalue weighted by molar-refractivity contribution is -0.158. The maximum Gasteiger partial charge on any atom is 0.246 e. The maximum atomic E-state index is 12.7. The summed E-state index contributed by atoms with van der Waals surface area (Å²) in [6.07, 6.45) is 8.08. The van der Waals surface area contributed by atoms with E-state index >= 15 is 0 Å². The molecule has 2 aliphatic carbocycles. The predicted molar refractivity (Wildman–Crippen MR) is 72.5 cm³/mol. The Labute approximate surface area is 114 Å². The summed E-state index contributed by atoms with van der Waals surface area (Å²) in [4.78, 5) is 27.3. The molecule has 0 bridgehead atoms. The molecule has 4 heteroatoms. The molecular formula is C15H24N2O2. The number of rotatable bonds is 4. The largest absolute Gasteiger partial charge is 0.342 e. The van der Waals surface area contributed by atoms with E-state index in [1.165, 1.54) is 0 Å². The van der Waals surface area contributed by atoms with Crippen LogP contribution in [0.1, 0.15) is 58.3 Å². The van der Waals surface area contributed by atoms with Crippen molar-refractivity contribution in [1.29, 1.82) is 0 Å². The average Bonchev–Trinajstić information content (AvgIpc) is 3.13. The minimum atomic E-state index is -0.502. The zero-order valence-electron chi connectivity index (χ0n) is 11.8. The summed E-state index contributed by atoms with van der Waals surface area (Å²) < 4.78 is 0. The molecule has 19 heavy (non-hydrogen) atoms. The molecule has 0 radical (unpaired) electrons. The van der Waals surface area contributed by atoms with Gasteiger partial charge in [0.2, 0.25) is 11.8 Å². The number of hydrogen-bond acceptors (Lipinski definition) is 2. The Morgan fingerprint density at radius 3 is 2.53 bits per heavy atom. The highest BCUT2D eigenvalue weighted by molar-refractivity contribution is 6.00. The first-order valence-corrected chi connectivity index (χ1v) is 7.81. The van der Waals surface area contributed by atoms with E-state index in [4.69, 9.17) is 0 Å². The Morgan fingerprint density at radius 2 is 1.95 bits per heavy atom. The molecule has 0 aromatic heterocycles. The Kier molecular flexibility index (Phi) is 3.27. The fraction of sp³-hybridized carbons (Fsp3) is 0.867. The zero-order valence-corrected chi connectivity index (χ0v) is 11.8. The first-order chi connectivity index (χ1) is 9.19. The van der Waals surface area contributed by atoms with E-state index in [1.807, 2.05) is 4.90 Å². The van der Waals surface area contributed by atoms with Crippen molar-refractivity contribution in [2.24, 2.45) is 5.92 Å². The Morgan fingerprint density at radius 1 is 1.26 bits per heavy atom. The zero-order chi connectivity index (χ0) is 13.5. The lowest BCUT2D eigenvalue weighted by atomic mass is 9.88. The average molecular weight is 264 g/mol. The van der Waals surface area contributed by atoms with Crippen LogP contribution in [0.25, 0.3) is 0 Å². The molecule has 2 amide bonds. The number of carbonyl (C=O) groups is 2. The van der Waals surface area contributed by atoms with Gasteiger partial charge in [0.05, 0.1) is 0 Å². The van der Waals surface area contributed by atoms with Gasteiger partial charge in [0.25, 0.3) is 0 Å². The minimum absolute atomic E-state index is 0.123. The van der Waals surface area contributed by atoms with Crippen LogP contribution >= 0.6 is 0 Å². The Balaban J connectivity index is 1.85. The van der Waals surface area contributed by atoms with Crippen LogP contribution in [0.15, 0.2) is 0 Å². The van der Waals surface area contributed by atoms with Gasteiger partial charge in [-0.15, -0.1) is 0 Å². The van der Waals surface area contributed by atoms with E-state index in [0.29, 0.717) is 5.92 Å². The Hall–Kier alpha value is -1.06. The van der Waals surface area contributed by atoms with Gasteiger partial charge >= 0.3 is 0 Å². The summed E-state index contributed by atoms with van der Waals surface area (Å²) in [6.45, 7) is 2.89. The minimum Gasteiger partial charge on any atom is -0.342 e. The number of piperazine rings is 1. The summed E-state index contributed by atoms with van der Waals surface area (Å²) in [6, 6.07) is -0.226. The molecule has 0 aromatic rings. The van der Waals surface area contributed by atoms with E-state index in [1.54, 1.807) is 0 Å². The maximum absolute atomic E-state index is 12.7. The molecular weight excluding hydrogens is 240 g/mol. The highest BCUT2D eigenvalue weighted by atomic mass is 16.2. The summed E-state index contributed by atoms with van der Waals surface area (Å²) >= 11 is 0. The Bertz CT molecular complexity index is 384. The van der Waals surface area contributed by atoms with Gasteiger partial charge in [-0.2, -0.15) is 0 Å². The van der Waals surface area contributed by atoms with Gasteiger partial charge in [-0.1, -0.05) is 26.2 Å². The van der Waals surface area contributed by atoms with Crippen molar-refractivity contribution in [3.8, 4) is 0 Å². The molecule has 0 aromatic carbocycles. The standard InChI is InChI=1S/C15H24N2O2/c1-2-3-10-17-13(18)12(11-6-7-11)16-14(19)15(17)8-4-5-9-15/h11-12H,2-10H2,1H3,(H,16,19). The molecule has 3 fully saturated rings. The van der Waals surface area contributed by atoms with Gasteiger partial charge < -0.3 is 10.2 Å². The summed E-state index contributed by atoms with van der Waals surface area (Å²) in [7, 11) is 0. The second-order valence-corrected chi connectivity index (χ2v) is 6.37. The summed E-state index contributed by atoms with van der Waals surface area (Å²) in [5.74, 6) is 0.717. The van der Waals surface area contributed by atoms with Crippen molar-refractivity contribution < 1.29 is 9.59 Å². The molecule has 2 saturated carbocycles. The molecule has 4 nitrogen and oxygen atoms in total. The fourth-order valence-corrected chi connectivity index (χ4v) is 3.69. The van der Waals surface area contributed by atoms with Crippen molar-refractivity contribution in [3.05, 3.63) is 0 Å². The molecule has 3 rings (SSSR count). The van der Waals surface area contributed by atoms with Gasteiger partial charge in [-0.05, 0) is 38.0 Å². The number of carbonyl (C=O) groups excluding carboxylic acids is 2. The molecule has 1 N–H and O–H groups in total. The van der Waals surface area contributed by atoms with Crippen LogP contribution in [-0.4, -0.2) is 34.8 Å². The van der Waals surface area contributed by atoms with Crippen LogP contribution in [0.5, 0.6) is 0 Å². The van der Waals surface area contributed by atoms with Gasteiger partial charge in [-0.3, -0.25) is 9.59 Å².